The molecule has 0 N–H and O–H groups in total. The van der Waals surface area contributed by atoms with Crippen LogP contribution in [0.3, 0.4) is 0 Å². The first-order chi connectivity index (χ1) is 6.07. The zero-order valence-corrected chi connectivity index (χ0v) is 8.09. The molecule has 1 heterocycles. The van der Waals surface area contributed by atoms with Crippen LogP contribution < -0.4 is 4.74 Å². The standard InChI is InChI=1S/C7H5Cl2F2NO/c1-2-13-5-3(8)6(10)12-7(11)4(5)9/h2H2,1H3. The van der Waals surface area contributed by atoms with E-state index in [1.165, 1.54) is 0 Å². The number of nitrogens with zero attached hydrogens (tertiary/aromatic N) is 1. The molecule has 1 rings (SSSR count). The van der Waals surface area contributed by atoms with Crippen molar-refractivity contribution in [1.29, 1.82) is 0 Å². The summed E-state index contributed by atoms with van der Waals surface area (Å²) >= 11 is 10.9. The van der Waals surface area contributed by atoms with Gasteiger partial charge < -0.3 is 4.74 Å². The number of hydrogen-bond donors (Lipinski definition) is 0. The summed E-state index contributed by atoms with van der Waals surface area (Å²) in [5, 5.41) is -0.818. The number of halogens is 4. The lowest BCUT2D eigenvalue weighted by molar-refractivity contribution is 0.333. The predicted octanol–water partition coefficient (Wildman–Crippen LogP) is 3.07. The van der Waals surface area contributed by atoms with Crippen molar-refractivity contribution in [3.63, 3.8) is 0 Å². The molecule has 0 unspecified atom stereocenters. The van der Waals surface area contributed by atoms with Gasteiger partial charge in [-0.1, -0.05) is 23.2 Å². The molecule has 0 saturated heterocycles. The first kappa shape index (κ1) is 10.5. The fourth-order valence-corrected chi connectivity index (χ4v) is 1.17. The quantitative estimate of drug-likeness (QED) is 0.725. The number of pyridine rings is 1. The third-order valence-electron chi connectivity index (χ3n) is 1.25. The molecule has 13 heavy (non-hydrogen) atoms. The van der Waals surface area contributed by atoms with Gasteiger partial charge in [0.2, 0.25) is 11.9 Å². The molecular formula is C7H5Cl2F2NO. The van der Waals surface area contributed by atoms with Crippen LogP contribution in [0.2, 0.25) is 10.0 Å². The molecular weight excluding hydrogens is 223 g/mol. The van der Waals surface area contributed by atoms with E-state index in [1.54, 1.807) is 6.92 Å². The zero-order valence-electron chi connectivity index (χ0n) is 6.57. The zero-order chi connectivity index (χ0) is 10.0. The molecule has 72 valence electrons. The van der Waals surface area contributed by atoms with E-state index < -0.39 is 21.9 Å². The first-order valence-electron chi connectivity index (χ1n) is 3.40. The molecule has 1 aromatic rings. The highest BCUT2D eigenvalue weighted by molar-refractivity contribution is 6.37. The van der Waals surface area contributed by atoms with Gasteiger partial charge in [0.1, 0.15) is 10.0 Å². The van der Waals surface area contributed by atoms with Gasteiger partial charge in [0, 0.05) is 0 Å². The van der Waals surface area contributed by atoms with Crippen molar-refractivity contribution < 1.29 is 13.5 Å². The van der Waals surface area contributed by atoms with Crippen LogP contribution in [0, 0.1) is 11.9 Å². The van der Waals surface area contributed by atoms with Crippen LogP contribution in [0.1, 0.15) is 6.92 Å². The van der Waals surface area contributed by atoms with Crippen molar-refractivity contribution in [2.75, 3.05) is 6.61 Å². The summed E-state index contributed by atoms with van der Waals surface area (Å²) in [6.07, 6.45) is 0. The van der Waals surface area contributed by atoms with E-state index in [9.17, 15) is 8.78 Å². The maximum Gasteiger partial charge on any atom is 0.238 e. The Morgan fingerprint density at radius 3 is 2.08 bits per heavy atom. The average Bonchev–Trinajstić information content (AvgIpc) is 2.09. The highest BCUT2D eigenvalue weighted by Gasteiger charge is 2.18. The molecule has 0 atom stereocenters. The van der Waals surface area contributed by atoms with Gasteiger partial charge in [-0.05, 0) is 6.92 Å². The predicted molar refractivity (Wildman–Crippen MR) is 45.3 cm³/mol. The Morgan fingerprint density at radius 2 is 1.69 bits per heavy atom. The fourth-order valence-electron chi connectivity index (χ4n) is 0.739. The average molecular weight is 228 g/mol. The van der Waals surface area contributed by atoms with Crippen LogP contribution in [0.25, 0.3) is 0 Å². The van der Waals surface area contributed by atoms with Gasteiger partial charge in [-0.3, -0.25) is 0 Å². The maximum absolute atomic E-state index is 12.7. The number of ether oxygens (including phenoxy) is 1. The van der Waals surface area contributed by atoms with Crippen molar-refractivity contribution in [2.45, 2.75) is 6.92 Å². The molecule has 0 spiro atoms. The van der Waals surface area contributed by atoms with Crippen LogP contribution in [-0.4, -0.2) is 11.6 Å². The topological polar surface area (TPSA) is 22.1 Å². The van der Waals surface area contributed by atoms with E-state index in [4.69, 9.17) is 27.9 Å². The minimum Gasteiger partial charge on any atom is -0.490 e. The van der Waals surface area contributed by atoms with Gasteiger partial charge in [-0.2, -0.15) is 13.8 Å². The van der Waals surface area contributed by atoms with Crippen molar-refractivity contribution in [3.05, 3.63) is 21.9 Å². The third kappa shape index (κ3) is 2.00. The third-order valence-corrected chi connectivity index (χ3v) is 1.90. The summed E-state index contributed by atoms with van der Waals surface area (Å²) in [6, 6.07) is 0. The van der Waals surface area contributed by atoms with Crippen LogP contribution in [0.5, 0.6) is 5.75 Å². The highest BCUT2D eigenvalue weighted by atomic mass is 35.5. The molecule has 0 fully saturated rings. The summed E-state index contributed by atoms with van der Waals surface area (Å²) < 4.78 is 30.3. The minimum atomic E-state index is -1.13. The van der Waals surface area contributed by atoms with Gasteiger partial charge in [0.05, 0.1) is 6.61 Å². The Hall–Kier alpha value is -0.610. The van der Waals surface area contributed by atoms with Gasteiger partial charge in [-0.25, -0.2) is 0 Å². The highest BCUT2D eigenvalue weighted by Crippen LogP contribution is 2.35. The Morgan fingerprint density at radius 1 is 1.23 bits per heavy atom. The fraction of sp³-hybridized carbons (Fsp3) is 0.286. The monoisotopic (exact) mass is 227 g/mol. The molecule has 6 heteroatoms. The molecule has 0 aromatic carbocycles. The Labute approximate surface area is 83.4 Å². The van der Waals surface area contributed by atoms with Crippen LogP contribution in [0.4, 0.5) is 8.78 Å². The Balaban J connectivity index is 3.28. The lowest BCUT2D eigenvalue weighted by atomic mass is 10.4. The van der Waals surface area contributed by atoms with Gasteiger partial charge in [-0.15, -0.1) is 0 Å². The van der Waals surface area contributed by atoms with E-state index in [0.717, 1.165) is 0 Å². The van der Waals surface area contributed by atoms with Crippen molar-refractivity contribution in [1.82, 2.24) is 4.98 Å². The second-order valence-electron chi connectivity index (χ2n) is 2.08. The normalized spacial score (nSPS) is 10.2. The van der Waals surface area contributed by atoms with Gasteiger partial charge >= 0.3 is 0 Å². The summed E-state index contributed by atoms with van der Waals surface area (Å²) in [4.78, 5) is 2.84. The molecule has 0 radical (unpaired) electrons. The number of hydrogen-bond acceptors (Lipinski definition) is 2. The van der Waals surface area contributed by atoms with Crippen LogP contribution >= 0.6 is 23.2 Å². The SMILES string of the molecule is CCOc1c(Cl)c(F)nc(F)c1Cl. The second-order valence-corrected chi connectivity index (χ2v) is 2.84. The summed E-state index contributed by atoms with van der Waals surface area (Å²) in [5.74, 6) is -2.48. The van der Waals surface area contributed by atoms with E-state index in [2.05, 4.69) is 4.98 Å². The molecule has 0 saturated carbocycles. The first-order valence-corrected chi connectivity index (χ1v) is 4.16. The van der Waals surface area contributed by atoms with Crippen molar-refractivity contribution >= 4 is 23.2 Å². The van der Waals surface area contributed by atoms with E-state index in [-0.39, 0.29) is 12.4 Å². The van der Waals surface area contributed by atoms with E-state index in [0.29, 0.717) is 0 Å². The lowest BCUT2D eigenvalue weighted by Gasteiger charge is -2.07. The summed E-state index contributed by atoms with van der Waals surface area (Å²) in [7, 11) is 0. The van der Waals surface area contributed by atoms with Gasteiger partial charge in [0.15, 0.2) is 5.75 Å². The maximum atomic E-state index is 12.7. The smallest absolute Gasteiger partial charge is 0.238 e. The number of aromatic nitrogens is 1. The minimum absolute atomic E-state index is 0.211. The summed E-state index contributed by atoms with van der Waals surface area (Å²) in [5.41, 5.74) is 0. The van der Waals surface area contributed by atoms with Crippen molar-refractivity contribution in [3.8, 4) is 5.75 Å². The molecule has 0 aliphatic rings. The molecule has 0 aliphatic heterocycles. The molecule has 2 nitrogen and oxygen atoms in total. The van der Waals surface area contributed by atoms with Crippen LogP contribution in [-0.2, 0) is 0 Å². The molecule has 0 amide bonds. The second kappa shape index (κ2) is 4.07. The Kier molecular flexibility index (Phi) is 3.27. The summed E-state index contributed by atoms with van der Waals surface area (Å²) in [6.45, 7) is 1.85. The largest absolute Gasteiger partial charge is 0.490 e. The lowest BCUT2D eigenvalue weighted by Crippen LogP contribution is -1.99. The van der Waals surface area contributed by atoms with E-state index >= 15 is 0 Å². The number of rotatable bonds is 2. The Bertz CT molecular complexity index is 307. The molecule has 0 aliphatic carbocycles. The van der Waals surface area contributed by atoms with Gasteiger partial charge in [0.25, 0.3) is 0 Å². The van der Waals surface area contributed by atoms with Crippen molar-refractivity contribution in [2.24, 2.45) is 0 Å². The van der Waals surface area contributed by atoms with E-state index in [1.807, 2.05) is 0 Å². The molecule has 0 bridgehead atoms. The molecule has 1 aromatic heterocycles. The van der Waals surface area contributed by atoms with Crippen LogP contribution in [0.15, 0.2) is 0 Å².